The Morgan fingerprint density at radius 2 is 1.37 bits per heavy atom. The normalized spacial score (nSPS) is 20.3. The van der Waals surface area contributed by atoms with Gasteiger partial charge in [-0.15, -0.1) is 11.8 Å². The topological polar surface area (TPSA) is 156 Å². The number of nitrogens with one attached hydrogen (secondary N) is 2. The highest BCUT2D eigenvalue weighted by Crippen LogP contribution is 2.50. The van der Waals surface area contributed by atoms with Gasteiger partial charge in [0.25, 0.3) is 0 Å². The van der Waals surface area contributed by atoms with Crippen LogP contribution in [0.4, 0.5) is 4.79 Å². The lowest BCUT2D eigenvalue weighted by Gasteiger charge is -2.44. The summed E-state index contributed by atoms with van der Waals surface area (Å²) in [6.45, 7) is 10.4. The lowest BCUT2D eigenvalue weighted by molar-refractivity contribution is -0.903. The van der Waals surface area contributed by atoms with Crippen molar-refractivity contribution in [2.75, 3.05) is 40.3 Å². The highest BCUT2D eigenvalue weighted by molar-refractivity contribution is 8.01. The van der Waals surface area contributed by atoms with Gasteiger partial charge in [0, 0.05) is 29.9 Å². The van der Waals surface area contributed by atoms with Gasteiger partial charge in [0.2, 0.25) is 11.8 Å². The van der Waals surface area contributed by atoms with E-state index in [0.29, 0.717) is 12.1 Å². The first kappa shape index (κ1) is 47.3. The SMILES string of the molecule is CCCCCCCCCCCCC[N+](C)(C)Cc1ccccc1.CCN1CCN(C(=O)N[C@@H](C(=O)N[C@@H]2C(=O)N3[C@@H]2SC(C)(C)[C@@H]3C(=O)O)c2ccccc2)C(=O)C1=O. The van der Waals surface area contributed by atoms with E-state index in [4.69, 9.17) is 0 Å². The highest BCUT2D eigenvalue weighted by atomic mass is 32.2. The minimum Gasteiger partial charge on any atom is -0.480 e. The number of unbranched alkanes of at least 4 members (excludes halogenated alkanes) is 10. The van der Waals surface area contributed by atoms with Crippen molar-refractivity contribution < 1.29 is 38.4 Å². The van der Waals surface area contributed by atoms with Gasteiger partial charge in [-0.25, -0.2) is 9.59 Å². The molecule has 3 heterocycles. The van der Waals surface area contributed by atoms with Crippen molar-refractivity contribution in [2.24, 2.45) is 0 Å². The number of urea groups is 1. The molecule has 0 bridgehead atoms. The Balaban J connectivity index is 0.000000289. The molecule has 3 fully saturated rings. The third-order valence-corrected chi connectivity index (χ3v) is 13.0. The van der Waals surface area contributed by atoms with Crippen LogP contribution >= 0.6 is 11.8 Å². The number of fused-ring (bicyclic) bond motifs is 1. The summed E-state index contributed by atoms with van der Waals surface area (Å²) in [5.74, 6) is -4.12. The molecular weight excluding hydrogens is 769 g/mol. The average Bonchev–Trinajstić information content (AvgIpc) is 3.47. The molecule has 13 nitrogen and oxygen atoms in total. The minimum atomic E-state index is -1.26. The maximum absolute atomic E-state index is 13.3. The number of amides is 6. The third kappa shape index (κ3) is 13.0. The minimum absolute atomic E-state index is 0.0200. The van der Waals surface area contributed by atoms with Gasteiger partial charge in [-0.1, -0.05) is 125 Å². The number of rotatable bonds is 20. The quantitative estimate of drug-likeness (QED) is 0.0605. The summed E-state index contributed by atoms with van der Waals surface area (Å²) < 4.78 is 0.355. The van der Waals surface area contributed by atoms with Gasteiger partial charge in [-0.2, -0.15) is 0 Å². The molecule has 14 heteroatoms. The number of piperazine rings is 1. The molecule has 324 valence electrons. The zero-order valence-electron chi connectivity index (χ0n) is 36.0. The monoisotopic (exact) mass is 835 g/mol. The van der Waals surface area contributed by atoms with Crippen molar-refractivity contribution in [1.82, 2.24) is 25.3 Å². The van der Waals surface area contributed by atoms with Crippen LogP contribution in [-0.2, 0) is 30.5 Å². The number of carbonyl (C=O) groups excluding carboxylic acids is 5. The lowest BCUT2D eigenvalue weighted by Crippen LogP contribution is -2.71. The molecule has 6 amide bonds. The molecule has 0 unspecified atom stereocenters. The molecule has 0 radical (unpaired) electrons. The second kappa shape index (κ2) is 22.3. The molecule has 59 heavy (non-hydrogen) atoms. The van der Waals surface area contributed by atoms with Crippen molar-refractivity contribution in [3.05, 3.63) is 71.8 Å². The van der Waals surface area contributed by atoms with E-state index < -0.39 is 63.9 Å². The summed E-state index contributed by atoms with van der Waals surface area (Å²) in [5.41, 5.74) is 1.86. The second-order valence-corrected chi connectivity index (χ2v) is 18.8. The summed E-state index contributed by atoms with van der Waals surface area (Å²) in [6, 6.07) is 15.0. The molecule has 3 saturated heterocycles. The number of benzene rings is 2. The van der Waals surface area contributed by atoms with E-state index in [2.05, 4.69) is 62.0 Å². The Labute approximate surface area is 355 Å². The van der Waals surface area contributed by atoms with E-state index in [-0.39, 0.29) is 13.1 Å². The van der Waals surface area contributed by atoms with E-state index in [1.54, 1.807) is 51.1 Å². The number of likely N-dealkylation sites (N-methyl/N-ethyl adjacent to an activating group) is 1. The van der Waals surface area contributed by atoms with E-state index in [1.807, 2.05) is 0 Å². The van der Waals surface area contributed by atoms with Crippen molar-refractivity contribution in [3.8, 4) is 0 Å². The fraction of sp³-hybridized carbons (Fsp3) is 0.600. The number of hydrogen-bond donors (Lipinski definition) is 3. The van der Waals surface area contributed by atoms with Gasteiger partial charge < -0.3 is 30.0 Å². The molecule has 3 aliphatic heterocycles. The van der Waals surface area contributed by atoms with Crippen LogP contribution in [0.3, 0.4) is 0 Å². The fourth-order valence-electron chi connectivity index (χ4n) is 8.06. The second-order valence-electron chi connectivity index (χ2n) is 17.1. The Morgan fingerprint density at radius 1 is 0.814 bits per heavy atom. The van der Waals surface area contributed by atoms with Crippen LogP contribution in [0.2, 0.25) is 0 Å². The van der Waals surface area contributed by atoms with E-state index in [1.165, 1.54) is 104 Å². The predicted octanol–water partition coefficient (Wildman–Crippen LogP) is 6.33. The van der Waals surface area contributed by atoms with Crippen LogP contribution < -0.4 is 10.6 Å². The molecular formula is C45H67N6O7S+. The van der Waals surface area contributed by atoms with Crippen molar-refractivity contribution in [2.45, 2.75) is 133 Å². The molecule has 3 aliphatic rings. The summed E-state index contributed by atoms with van der Waals surface area (Å²) >= 11 is 1.28. The number of carbonyl (C=O) groups is 6. The van der Waals surface area contributed by atoms with Crippen molar-refractivity contribution in [1.29, 1.82) is 0 Å². The van der Waals surface area contributed by atoms with E-state index >= 15 is 0 Å². The van der Waals surface area contributed by atoms with Crippen LogP contribution in [0.15, 0.2) is 60.7 Å². The van der Waals surface area contributed by atoms with Gasteiger partial charge in [0.05, 0.1) is 20.6 Å². The molecule has 0 saturated carbocycles. The number of thioether (sulfide) groups is 1. The molecule has 0 aromatic heterocycles. The molecule has 0 spiro atoms. The summed E-state index contributed by atoms with van der Waals surface area (Å²) in [5, 5.41) is 14.2. The van der Waals surface area contributed by atoms with E-state index in [9.17, 15) is 33.9 Å². The first-order valence-corrected chi connectivity index (χ1v) is 22.3. The van der Waals surface area contributed by atoms with Gasteiger partial charge in [0.1, 0.15) is 30.0 Å². The number of aliphatic carboxylic acids is 1. The van der Waals surface area contributed by atoms with Crippen molar-refractivity contribution >= 4 is 47.4 Å². The van der Waals surface area contributed by atoms with Crippen LogP contribution in [0, 0.1) is 0 Å². The van der Waals surface area contributed by atoms with Crippen LogP contribution in [-0.4, -0.2) is 122 Å². The highest BCUT2D eigenvalue weighted by Gasteiger charge is 2.64. The van der Waals surface area contributed by atoms with Gasteiger partial charge in [0.15, 0.2) is 0 Å². The summed E-state index contributed by atoms with van der Waals surface area (Å²) in [4.78, 5) is 78.8. The Hall–Kier alpha value is -4.43. The molecule has 4 atom stereocenters. The third-order valence-electron chi connectivity index (χ3n) is 11.4. The van der Waals surface area contributed by atoms with Gasteiger partial charge in [-0.3, -0.25) is 24.1 Å². The molecule has 0 aliphatic carbocycles. The van der Waals surface area contributed by atoms with Crippen LogP contribution in [0.5, 0.6) is 0 Å². The molecule has 3 N–H and O–H groups in total. The van der Waals surface area contributed by atoms with Gasteiger partial charge in [-0.05, 0) is 39.2 Å². The molecule has 2 aromatic rings. The largest absolute Gasteiger partial charge is 0.480 e. The molecule has 2 aromatic carbocycles. The maximum Gasteiger partial charge on any atom is 0.327 e. The Bertz CT molecular complexity index is 1730. The van der Waals surface area contributed by atoms with Crippen LogP contribution in [0.25, 0.3) is 0 Å². The number of β-lactam (4-membered cyclic amide) rings is 1. The number of carboxylic acids is 1. The van der Waals surface area contributed by atoms with Crippen LogP contribution in [0.1, 0.15) is 115 Å². The summed E-state index contributed by atoms with van der Waals surface area (Å²) in [6.07, 6.45) is 15.7. The number of hydrogen-bond acceptors (Lipinski definition) is 7. The average molecular weight is 836 g/mol. The predicted molar refractivity (Wildman–Crippen MR) is 231 cm³/mol. The zero-order valence-corrected chi connectivity index (χ0v) is 36.8. The zero-order chi connectivity index (χ0) is 43.2. The smallest absolute Gasteiger partial charge is 0.327 e. The number of nitrogens with zero attached hydrogens (tertiary/aromatic N) is 4. The standard InChI is InChI=1S/C23H27N5O7S.C22H40N/c1-4-26-10-11-27(19(32)18(26)31)22(35)25-13(12-8-6-5-7-9-12)16(29)24-14-17(30)28-15(21(33)34)23(2,3)36-20(14)28;1-4-5-6-7-8-9-10-11-12-13-17-20-23(2,3)21-22-18-15-14-16-19-22/h5-9,13-15,20H,4,10-11H2,1-3H3,(H,24,29)(H,25,35)(H,33,34);14-16,18-19H,4-13,17,20-21H2,1-3H3/q;+1/t13-,14-,15+,20-;/m1./s1. The number of quaternary nitrogens is 1. The number of imide groups is 1. The molecule has 5 rings (SSSR count). The maximum atomic E-state index is 13.3. The number of carboxylic acid groups (broad SMARTS) is 1. The first-order valence-electron chi connectivity index (χ1n) is 21.5. The van der Waals surface area contributed by atoms with E-state index in [0.717, 1.165) is 15.9 Å². The Morgan fingerprint density at radius 3 is 1.93 bits per heavy atom. The Kier molecular flexibility index (Phi) is 17.8. The summed E-state index contributed by atoms with van der Waals surface area (Å²) in [7, 11) is 4.73. The van der Waals surface area contributed by atoms with Crippen molar-refractivity contribution in [3.63, 3.8) is 0 Å². The lowest BCUT2D eigenvalue weighted by atomic mass is 9.95. The first-order chi connectivity index (χ1) is 28.1. The van der Waals surface area contributed by atoms with Gasteiger partial charge >= 0.3 is 23.8 Å². The fourth-order valence-corrected chi connectivity index (χ4v) is 9.69.